The number of esters is 1. The number of nitrogens with zero attached hydrogens (tertiary/aromatic N) is 5. The summed E-state index contributed by atoms with van der Waals surface area (Å²) >= 11 is 0. The molecule has 0 radical (unpaired) electrons. The van der Waals surface area contributed by atoms with Gasteiger partial charge in [0.1, 0.15) is 11.4 Å². The average Bonchev–Trinajstić information content (AvgIpc) is 3.67. The molecule has 1 N–H and O–H groups in total. The van der Waals surface area contributed by atoms with Crippen LogP contribution in [-0.4, -0.2) is 83.7 Å². The lowest BCUT2D eigenvalue weighted by molar-refractivity contribution is -0.155. The smallest absolute Gasteiger partial charge is 0.306 e. The van der Waals surface area contributed by atoms with E-state index in [2.05, 4.69) is 45.4 Å². The lowest BCUT2D eigenvalue weighted by atomic mass is 9.93. The van der Waals surface area contributed by atoms with Crippen molar-refractivity contribution in [1.29, 1.82) is 0 Å². The van der Waals surface area contributed by atoms with E-state index in [4.69, 9.17) is 19.6 Å². The molecule has 1 aromatic carbocycles. The van der Waals surface area contributed by atoms with E-state index in [1.54, 1.807) is 0 Å². The van der Waals surface area contributed by atoms with Crippen molar-refractivity contribution in [2.75, 3.05) is 62.7 Å². The number of anilines is 2. The molecule has 0 saturated carbocycles. The molecular formula is C36H50N6O3. The zero-order valence-corrected chi connectivity index (χ0v) is 27.6. The van der Waals surface area contributed by atoms with Crippen LogP contribution < -0.4 is 10.2 Å². The summed E-state index contributed by atoms with van der Waals surface area (Å²) in [7, 11) is 0. The predicted molar refractivity (Wildman–Crippen MR) is 178 cm³/mol. The fourth-order valence-electron chi connectivity index (χ4n) is 6.91. The lowest BCUT2D eigenvalue weighted by Crippen LogP contribution is -2.36. The number of fused-ring (bicyclic) bond motifs is 1. The van der Waals surface area contributed by atoms with Gasteiger partial charge in [-0.3, -0.25) is 4.79 Å². The summed E-state index contributed by atoms with van der Waals surface area (Å²) in [5, 5.41) is 8.19. The minimum atomic E-state index is -0.520. The van der Waals surface area contributed by atoms with Gasteiger partial charge in [-0.25, -0.2) is 9.67 Å². The Kier molecular flexibility index (Phi) is 9.75. The average molecular weight is 615 g/mol. The highest BCUT2D eigenvalue weighted by Gasteiger charge is 2.29. The number of aromatic nitrogens is 3. The second-order valence-corrected chi connectivity index (χ2v) is 14.1. The Labute approximate surface area is 268 Å². The van der Waals surface area contributed by atoms with Crippen molar-refractivity contribution in [3.05, 3.63) is 65.1 Å². The van der Waals surface area contributed by atoms with Gasteiger partial charge in [0.25, 0.3) is 0 Å². The normalized spacial score (nSPS) is 19.6. The first kappa shape index (κ1) is 31.5. The first-order valence-electron chi connectivity index (χ1n) is 16.9. The minimum absolute atomic E-state index is 0.00314. The molecule has 2 saturated heterocycles. The number of pyridine rings is 1. The van der Waals surface area contributed by atoms with Crippen LogP contribution >= 0.6 is 0 Å². The fraction of sp³-hybridized carbons (Fsp3) is 0.583. The van der Waals surface area contributed by atoms with Gasteiger partial charge in [0, 0.05) is 56.2 Å². The Morgan fingerprint density at radius 3 is 2.71 bits per heavy atom. The highest BCUT2D eigenvalue weighted by atomic mass is 16.6. The van der Waals surface area contributed by atoms with Crippen molar-refractivity contribution in [2.24, 2.45) is 5.92 Å². The molecule has 0 bridgehead atoms. The third-order valence-electron chi connectivity index (χ3n) is 9.20. The molecule has 9 heteroatoms. The van der Waals surface area contributed by atoms with Crippen LogP contribution in [0.2, 0.25) is 0 Å². The van der Waals surface area contributed by atoms with Crippen LogP contribution in [0, 0.1) is 12.8 Å². The molecule has 9 nitrogen and oxygen atoms in total. The number of aryl methyl sites for hydroxylation is 3. The first-order valence-corrected chi connectivity index (χ1v) is 16.9. The maximum absolute atomic E-state index is 13.3. The highest BCUT2D eigenvalue weighted by molar-refractivity contribution is 5.71. The Morgan fingerprint density at radius 2 is 1.93 bits per heavy atom. The number of likely N-dealkylation sites (tertiary alicyclic amines) is 1. The molecule has 3 aliphatic rings. The van der Waals surface area contributed by atoms with Gasteiger partial charge in [-0.15, -0.1) is 0 Å². The van der Waals surface area contributed by atoms with E-state index in [0.29, 0.717) is 25.6 Å². The summed E-state index contributed by atoms with van der Waals surface area (Å²) in [4.78, 5) is 23.2. The quantitative estimate of drug-likeness (QED) is 0.298. The summed E-state index contributed by atoms with van der Waals surface area (Å²) in [6, 6.07) is 13.2. The molecule has 6 rings (SSSR count). The molecular weight excluding hydrogens is 564 g/mol. The van der Waals surface area contributed by atoms with E-state index >= 15 is 0 Å². The monoisotopic (exact) mass is 614 g/mol. The number of carbonyl (C=O) groups is 1. The molecule has 0 spiro atoms. The van der Waals surface area contributed by atoms with E-state index in [1.807, 2.05) is 44.6 Å². The number of hydrogen-bond donors (Lipinski definition) is 1. The Balaban J connectivity index is 1.19. The molecule has 0 amide bonds. The molecule has 1 unspecified atom stereocenters. The van der Waals surface area contributed by atoms with E-state index < -0.39 is 5.60 Å². The summed E-state index contributed by atoms with van der Waals surface area (Å²) in [6.07, 6.45) is 7.97. The number of rotatable bonds is 10. The van der Waals surface area contributed by atoms with Crippen molar-refractivity contribution < 1.29 is 14.3 Å². The topological polar surface area (TPSA) is 84.8 Å². The molecule has 2 fully saturated rings. The Hall–Kier alpha value is -3.43. The predicted octanol–water partition coefficient (Wildman–Crippen LogP) is 5.54. The molecule has 0 aliphatic carbocycles. The lowest BCUT2D eigenvalue weighted by Gasteiger charge is -2.31. The molecule has 5 heterocycles. The number of morpholine rings is 1. The third kappa shape index (κ3) is 8.44. The van der Waals surface area contributed by atoms with Crippen LogP contribution in [0.1, 0.15) is 74.9 Å². The number of benzene rings is 1. The largest absolute Gasteiger partial charge is 0.460 e. The van der Waals surface area contributed by atoms with Gasteiger partial charge < -0.3 is 24.6 Å². The minimum Gasteiger partial charge on any atom is -0.460 e. The van der Waals surface area contributed by atoms with Crippen molar-refractivity contribution >= 4 is 17.5 Å². The number of hydrogen-bond acceptors (Lipinski definition) is 8. The van der Waals surface area contributed by atoms with Gasteiger partial charge in [-0.2, -0.15) is 5.10 Å². The second kappa shape index (κ2) is 13.9. The molecule has 3 aliphatic heterocycles. The summed E-state index contributed by atoms with van der Waals surface area (Å²) in [6.45, 7) is 14.9. The van der Waals surface area contributed by atoms with Crippen LogP contribution in [0.4, 0.5) is 11.5 Å². The zero-order chi connectivity index (χ0) is 31.4. The van der Waals surface area contributed by atoms with Gasteiger partial charge in [0.2, 0.25) is 0 Å². The van der Waals surface area contributed by atoms with E-state index in [9.17, 15) is 4.79 Å². The van der Waals surface area contributed by atoms with E-state index in [1.165, 1.54) is 24.1 Å². The molecule has 3 aromatic rings. The molecule has 45 heavy (non-hydrogen) atoms. The molecule has 2 atom stereocenters. The zero-order valence-electron chi connectivity index (χ0n) is 27.6. The van der Waals surface area contributed by atoms with Crippen molar-refractivity contribution in [3.63, 3.8) is 0 Å². The van der Waals surface area contributed by atoms with Gasteiger partial charge in [-0.05, 0) is 114 Å². The SMILES string of the molecule is Cc1ccn(-c2cc(C(CC(=O)OC(C)(C)C)CN3CC[C@@H](CCc4ccc5c(n4)NCCC5)C3)cc(N3CCOCC3)c2)n1. The standard InChI is InChI=1S/C36H50N6O3/c1-26-11-15-42(39-26)33-21-29(20-32(23-33)41-16-18-44-19-17-41)30(22-34(43)45-36(2,3)4)25-40-14-12-27(24-40)7-9-31-10-8-28-6-5-13-37-35(28)38-31/h8,10-11,15,20-21,23,27,30H,5-7,9,12-14,16-19,22,24-25H2,1-4H3,(H,37,38)/t27-,30?/m1/s1. The summed E-state index contributed by atoms with van der Waals surface area (Å²) in [5.74, 6) is 1.56. The third-order valence-corrected chi connectivity index (χ3v) is 9.20. The second-order valence-electron chi connectivity index (χ2n) is 14.1. The van der Waals surface area contributed by atoms with Crippen LogP contribution in [0.5, 0.6) is 0 Å². The number of ether oxygens (including phenoxy) is 2. The molecule has 242 valence electrons. The van der Waals surface area contributed by atoms with Crippen molar-refractivity contribution in [1.82, 2.24) is 19.7 Å². The van der Waals surface area contributed by atoms with Gasteiger partial charge in [-0.1, -0.05) is 6.07 Å². The number of carbonyl (C=O) groups excluding carboxylic acids is 1. The van der Waals surface area contributed by atoms with Crippen LogP contribution in [0.15, 0.2) is 42.6 Å². The van der Waals surface area contributed by atoms with Crippen LogP contribution in [0.3, 0.4) is 0 Å². The Bertz CT molecular complexity index is 1460. The Morgan fingerprint density at radius 1 is 1.11 bits per heavy atom. The maximum Gasteiger partial charge on any atom is 0.306 e. The van der Waals surface area contributed by atoms with Crippen molar-refractivity contribution in [2.45, 2.75) is 77.7 Å². The maximum atomic E-state index is 13.3. The number of nitrogens with one attached hydrogen (secondary N) is 1. The summed E-state index contributed by atoms with van der Waals surface area (Å²) in [5.41, 5.74) is 6.31. The molecule has 2 aromatic heterocycles. The van der Waals surface area contributed by atoms with Crippen LogP contribution in [0.25, 0.3) is 5.69 Å². The first-order chi connectivity index (χ1) is 21.7. The van der Waals surface area contributed by atoms with Crippen LogP contribution in [-0.2, 0) is 27.1 Å². The van der Waals surface area contributed by atoms with Gasteiger partial charge in [0.15, 0.2) is 0 Å². The van der Waals surface area contributed by atoms with Gasteiger partial charge >= 0.3 is 5.97 Å². The van der Waals surface area contributed by atoms with Gasteiger partial charge in [0.05, 0.1) is 31.0 Å². The summed E-state index contributed by atoms with van der Waals surface area (Å²) < 4.78 is 13.5. The van der Waals surface area contributed by atoms with Crippen molar-refractivity contribution in [3.8, 4) is 5.69 Å². The fourth-order valence-corrected chi connectivity index (χ4v) is 6.91. The van der Waals surface area contributed by atoms with E-state index in [0.717, 1.165) is 87.0 Å². The highest BCUT2D eigenvalue weighted by Crippen LogP contribution is 2.32. The van der Waals surface area contributed by atoms with E-state index in [-0.39, 0.29) is 11.9 Å².